The molecule has 7 nitrogen and oxygen atoms in total. The van der Waals surface area contributed by atoms with Gasteiger partial charge in [-0.15, -0.1) is 24.0 Å². The molecule has 0 saturated carbocycles. The van der Waals surface area contributed by atoms with Crippen LogP contribution >= 0.6 is 24.0 Å². The van der Waals surface area contributed by atoms with Gasteiger partial charge in [-0.3, -0.25) is 4.99 Å². The Kier molecular flexibility index (Phi) is 9.32. The minimum Gasteiger partial charge on any atom is -0.493 e. The zero-order valence-corrected chi connectivity index (χ0v) is 21.5. The lowest BCUT2D eigenvalue weighted by Gasteiger charge is -2.20. The number of halogens is 2. The lowest BCUT2D eigenvalue weighted by Crippen LogP contribution is -2.44. The summed E-state index contributed by atoms with van der Waals surface area (Å²) in [6.07, 6.45) is 2.50. The van der Waals surface area contributed by atoms with Crippen LogP contribution < -0.4 is 25.0 Å². The van der Waals surface area contributed by atoms with E-state index in [-0.39, 0.29) is 35.8 Å². The average Bonchev–Trinajstić information content (AvgIpc) is 3.31. The summed E-state index contributed by atoms with van der Waals surface area (Å²) in [4.78, 5) is 10.5. The average molecular weight is 577 g/mol. The predicted octanol–water partition coefficient (Wildman–Crippen LogP) is 4.58. The topological polar surface area (TPSA) is 71.0 Å². The van der Waals surface area contributed by atoms with Crippen LogP contribution in [0.5, 0.6) is 17.2 Å². The Balaban J connectivity index is 0.00000324. The number of methoxy groups -OCH3 is 1. The zero-order chi connectivity index (χ0) is 23.0. The van der Waals surface area contributed by atoms with Crippen molar-refractivity contribution < 1.29 is 13.9 Å². The van der Waals surface area contributed by atoms with Crippen LogP contribution in [0.2, 0.25) is 0 Å². The van der Waals surface area contributed by atoms with Crippen molar-refractivity contribution in [1.82, 2.24) is 15.6 Å². The Hall–Kier alpha value is -3.08. The number of hydrogen-bond acceptors (Lipinski definition) is 5. The van der Waals surface area contributed by atoms with E-state index in [2.05, 4.69) is 20.6 Å². The molecule has 0 aliphatic carbocycles. The quantitative estimate of drug-likeness (QED) is 0.244. The smallest absolute Gasteiger partial charge is 0.191 e. The van der Waals surface area contributed by atoms with E-state index in [0.29, 0.717) is 36.4 Å². The molecule has 34 heavy (non-hydrogen) atoms. The first-order valence-electron chi connectivity index (χ1n) is 10.9. The molecule has 1 atom stereocenters. The van der Waals surface area contributed by atoms with Crippen molar-refractivity contribution in [3.8, 4) is 17.2 Å². The van der Waals surface area contributed by atoms with Gasteiger partial charge in [0.15, 0.2) is 29.1 Å². The van der Waals surface area contributed by atoms with Gasteiger partial charge in [-0.05, 0) is 48.4 Å². The molecule has 1 fully saturated rings. The Morgan fingerprint density at radius 1 is 1.12 bits per heavy atom. The summed E-state index contributed by atoms with van der Waals surface area (Å²) in [6.45, 7) is 2.03. The number of pyridine rings is 1. The molecule has 2 N–H and O–H groups in total. The standard InChI is InChI=1S/C25H28FN5O2.HI/c1-27-25(30-19-13-15-31(17-19)24-21(26)6-5-14-28-24)29-16-18-9-11-20(12-10-18)33-23-8-4-3-7-22(23)32-2;/h3-12,14,19H,13,15-17H2,1-2H3,(H2,27,29,30);1H. The lowest BCUT2D eigenvalue weighted by atomic mass is 10.2. The molecule has 1 saturated heterocycles. The normalized spacial score (nSPS) is 15.4. The Bertz CT molecular complexity index is 1100. The summed E-state index contributed by atoms with van der Waals surface area (Å²) < 4.78 is 25.3. The number of benzene rings is 2. The van der Waals surface area contributed by atoms with Crippen LogP contribution in [-0.4, -0.2) is 44.2 Å². The first-order valence-corrected chi connectivity index (χ1v) is 10.9. The highest BCUT2D eigenvalue weighted by molar-refractivity contribution is 14.0. The van der Waals surface area contributed by atoms with Crippen LogP contribution in [0.25, 0.3) is 0 Å². The van der Waals surface area contributed by atoms with E-state index in [0.717, 1.165) is 24.3 Å². The molecular formula is C25H29FIN5O2. The van der Waals surface area contributed by atoms with Gasteiger partial charge in [0.05, 0.1) is 7.11 Å². The van der Waals surface area contributed by atoms with E-state index in [1.165, 1.54) is 6.07 Å². The van der Waals surface area contributed by atoms with Crippen molar-refractivity contribution in [2.45, 2.75) is 19.0 Å². The minimum atomic E-state index is -0.293. The van der Waals surface area contributed by atoms with Crippen molar-refractivity contribution in [2.75, 3.05) is 32.1 Å². The third-order valence-electron chi connectivity index (χ3n) is 5.47. The highest BCUT2D eigenvalue weighted by Gasteiger charge is 2.25. The van der Waals surface area contributed by atoms with Crippen LogP contribution in [0, 0.1) is 5.82 Å². The molecule has 180 valence electrons. The molecule has 1 aliphatic rings. The molecule has 4 rings (SSSR count). The fourth-order valence-corrected chi connectivity index (χ4v) is 3.76. The second-order valence-electron chi connectivity index (χ2n) is 7.71. The third kappa shape index (κ3) is 6.49. The second kappa shape index (κ2) is 12.4. The number of guanidine groups is 1. The van der Waals surface area contributed by atoms with Gasteiger partial charge in [-0.1, -0.05) is 24.3 Å². The molecule has 3 aromatic rings. The van der Waals surface area contributed by atoms with Crippen molar-refractivity contribution in [2.24, 2.45) is 4.99 Å². The van der Waals surface area contributed by atoms with E-state index < -0.39 is 0 Å². The van der Waals surface area contributed by atoms with Crippen molar-refractivity contribution in [3.63, 3.8) is 0 Å². The Morgan fingerprint density at radius 2 is 1.88 bits per heavy atom. The van der Waals surface area contributed by atoms with Crippen LogP contribution in [0.4, 0.5) is 10.2 Å². The maximum Gasteiger partial charge on any atom is 0.191 e. The molecule has 1 aliphatic heterocycles. The summed E-state index contributed by atoms with van der Waals surface area (Å²) in [5.41, 5.74) is 1.09. The fraction of sp³-hybridized carbons (Fsp3) is 0.280. The highest BCUT2D eigenvalue weighted by Crippen LogP contribution is 2.30. The second-order valence-corrected chi connectivity index (χ2v) is 7.71. The van der Waals surface area contributed by atoms with Gasteiger partial charge in [-0.25, -0.2) is 9.37 Å². The van der Waals surface area contributed by atoms with E-state index in [9.17, 15) is 4.39 Å². The molecule has 1 unspecified atom stereocenters. The number of aliphatic imine (C=N–C) groups is 1. The number of aromatic nitrogens is 1. The maximum atomic E-state index is 14.0. The van der Waals surface area contributed by atoms with E-state index >= 15 is 0 Å². The fourth-order valence-electron chi connectivity index (χ4n) is 3.76. The SMILES string of the molecule is CN=C(NCc1ccc(Oc2ccccc2OC)cc1)NC1CCN(c2ncccc2F)C1.I. The summed E-state index contributed by atoms with van der Waals surface area (Å²) >= 11 is 0. The van der Waals surface area contributed by atoms with E-state index in [4.69, 9.17) is 9.47 Å². The molecule has 2 heterocycles. The van der Waals surface area contributed by atoms with Gasteiger partial charge in [0.25, 0.3) is 0 Å². The Morgan fingerprint density at radius 3 is 2.59 bits per heavy atom. The number of nitrogens with zero attached hydrogens (tertiary/aromatic N) is 3. The Labute approximate surface area is 216 Å². The van der Waals surface area contributed by atoms with Gasteiger partial charge in [0.2, 0.25) is 0 Å². The third-order valence-corrected chi connectivity index (χ3v) is 5.47. The first kappa shape index (κ1) is 25.5. The van der Waals surface area contributed by atoms with Gasteiger partial charge >= 0.3 is 0 Å². The zero-order valence-electron chi connectivity index (χ0n) is 19.2. The molecule has 1 aromatic heterocycles. The largest absolute Gasteiger partial charge is 0.493 e. The number of rotatable bonds is 7. The summed E-state index contributed by atoms with van der Waals surface area (Å²) in [5.74, 6) is 2.91. The molecule has 0 radical (unpaired) electrons. The van der Waals surface area contributed by atoms with Crippen LogP contribution in [-0.2, 0) is 6.54 Å². The molecule has 0 bridgehead atoms. The predicted molar refractivity (Wildman–Crippen MR) is 143 cm³/mol. The van der Waals surface area contributed by atoms with Gasteiger partial charge < -0.3 is 25.0 Å². The number of nitrogens with one attached hydrogen (secondary N) is 2. The maximum absolute atomic E-state index is 14.0. The van der Waals surface area contributed by atoms with Gasteiger partial charge in [-0.2, -0.15) is 0 Å². The number of hydrogen-bond donors (Lipinski definition) is 2. The minimum absolute atomic E-state index is 0. The molecule has 2 aromatic carbocycles. The molecule has 9 heteroatoms. The van der Waals surface area contributed by atoms with Crippen molar-refractivity contribution in [1.29, 1.82) is 0 Å². The van der Waals surface area contributed by atoms with Crippen molar-refractivity contribution in [3.05, 3.63) is 78.2 Å². The van der Waals surface area contributed by atoms with E-state index in [1.807, 2.05) is 53.4 Å². The number of anilines is 1. The summed E-state index contributed by atoms with van der Waals surface area (Å²) in [6, 6.07) is 18.6. The summed E-state index contributed by atoms with van der Waals surface area (Å²) in [7, 11) is 3.36. The molecular weight excluding hydrogens is 548 g/mol. The summed E-state index contributed by atoms with van der Waals surface area (Å²) in [5, 5.41) is 6.76. The van der Waals surface area contributed by atoms with Crippen molar-refractivity contribution >= 4 is 35.8 Å². The number of ether oxygens (including phenoxy) is 2. The van der Waals surface area contributed by atoms with Gasteiger partial charge in [0, 0.05) is 38.9 Å². The van der Waals surface area contributed by atoms with E-state index in [1.54, 1.807) is 26.4 Å². The van der Waals surface area contributed by atoms with Crippen LogP contribution in [0.15, 0.2) is 71.9 Å². The highest BCUT2D eigenvalue weighted by atomic mass is 127. The number of para-hydroxylation sites is 2. The monoisotopic (exact) mass is 577 g/mol. The lowest BCUT2D eigenvalue weighted by molar-refractivity contribution is 0.379. The molecule has 0 amide bonds. The van der Waals surface area contributed by atoms with Gasteiger partial charge in [0.1, 0.15) is 5.75 Å². The first-order chi connectivity index (χ1) is 16.2. The van der Waals surface area contributed by atoms with Crippen LogP contribution in [0.3, 0.4) is 0 Å². The molecule has 0 spiro atoms. The van der Waals surface area contributed by atoms with Crippen LogP contribution in [0.1, 0.15) is 12.0 Å².